The first-order chi connectivity index (χ1) is 7.90. The van der Waals surface area contributed by atoms with E-state index in [1.807, 2.05) is 7.05 Å². The first-order valence-electron chi connectivity index (χ1n) is 5.81. The predicted octanol–water partition coefficient (Wildman–Crippen LogP) is 1.50. The van der Waals surface area contributed by atoms with Gasteiger partial charge < -0.3 is 14.8 Å². The maximum absolute atomic E-state index is 5.50. The molecule has 0 atom stereocenters. The van der Waals surface area contributed by atoms with Gasteiger partial charge >= 0.3 is 0 Å². The summed E-state index contributed by atoms with van der Waals surface area (Å²) >= 11 is 0. The van der Waals surface area contributed by atoms with Gasteiger partial charge in [0.05, 0.1) is 26.4 Å². The third-order valence-electron chi connectivity index (χ3n) is 2.82. The SMILES string of the molecule is CNCCOCCc1ccc2c(c1)COC2. The Kier molecular flexibility index (Phi) is 4.34. The van der Waals surface area contributed by atoms with Gasteiger partial charge in [-0.2, -0.15) is 0 Å². The van der Waals surface area contributed by atoms with Gasteiger partial charge in [0.15, 0.2) is 0 Å². The molecule has 0 spiro atoms. The van der Waals surface area contributed by atoms with Gasteiger partial charge in [-0.15, -0.1) is 0 Å². The van der Waals surface area contributed by atoms with Crippen molar-refractivity contribution in [3.05, 3.63) is 34.9 Å². The molecule has 0 radical (unpaired) electrons. The number of nitrogens with one attached hydrogen (secondary N) is 1. The van der Waals surface area contributed by atoms with Crippen molar-refractivity contribution in [1.82, 2.24) is 5.32 Å². The highest BCUT2D eigenvalue weighted by Gasteiger charge is 2.10. The normalized spacial score (nSPS) is 14.1. The van der Waals surface area contributed by atoms with Crippen LogP contribution in [0.4, 0.5) is 0 Å². The van der Waals surface area contributed by atoms with Crippen molar-refractivity contribution >= 4 is 0 Å². The van der Waals surface area contributed by atoms with Crippen molar-refractivity contribution < 1.29 is 9.47 Å². The predicted molar refractivity (Wildman–Crippen MR) is 63.4 cm³/mol. The molecule has 3 nitrogen and oxygen atoms in total. The Labute approximate surface area is 96.8 Å². The smallest absolute Gasteiger partial charge is 0.0725 e. The van der Waals surface area contributed by atoms with Crippen molar-refractivity contribution in [3.8, 4) is 0 Å². The molecular weight excluding hydrogens is 202 g/mol. The highest BCUT2D eigenvalue weighted by molar-refractivity contribution is 5.33. The fraction of sp³-hybridized carbons (Fsp3) is 0.538. The molecule has 0 bridgehead atoms. The first kappa shape index (κ1) is 11.6. The molecule has 1 aromatic rings. The van der Waals surface area contributed by atoms with Crippen molar-refractivity contribution in [2.24, 2.45) is 0 Å². The van der Waals surface area contributed by atoms with Crippen LogP contribution >= 0.6 is 0 Å². The summed E-state index contributed by atoms with van der Waals surface area (Å²) in [5, 5.41) is 3.06. The minimum atomic E-state index is 0.768. The van der Waals surface area contributed by atoms with Crippen LogP contribution in [0.3, 0.4) is 0 Å². The summed E-state index contributed by atoms with van der Waals surface area (Å²) in [6.45, 7) is 4.03. The molecule has 1 aliphatic heterocycles. The number of fused-ring (bicyclic) bond motifs is 1. The zero-order chi connectivity index (χ0) is 11.2. The molecule has 2 rings (SSSR count). The Bertz CT molecular complexity index is 339. The van der Waals surface area contributed by atoms with Crippen LogP contribution in [-0.2, 0) is 29.1 Å². The van der Waals surface area contributed by atoms with E-state index in [0.717, 1.165) is 39.4 Å². The number of rotatable bonds is 6. The lowest BCUT2D eigenvalue weighted by Crippen LogP contribution is -2.15. The van der Waals surface area contributed by atoms with E-state index in [1.165, 1.54) is 16.7 Å². The highest BCUT2D eigenvalue weighted by Crippen LogP contribution is 2.20. The Morgan fingerprint density at radius 3 is 3.00 bits per heavy atom. The van der Waals surface area contributed by atoms with Gasteiger partial charge in [-0.25, -0.2) is 0 Å². The van der Waals surface area contributed by atoms with E-state index < -0.39 is 0 Å². The summed E-state index contributed by atoms with van der Waals surface area (Å²) in [6, 6.07) is 6.59. The Morgan fingerprint density at radius 1 is 1.25 bits per heavy atom. The van der Waals surface area contributed by atoms with Gasteiger partial charge in [-0.3, -0.25) is 0 Å². The number of benzene rings is 1. The largest absolute Gasteiger partial charge is 0.380 e. The van der Waals surface area contributed by atoms with E-state index in [4.69, 9.17) is 9.47 Å². The molecule has 1 heterocycles. The molecule has 1 aromatic carbocycles. The number of hydrogen-bond donors (Lipinski definition) is 1. The lowest BCUT2D eigenvalue weighted by Gasteiger charge is -2.05. The van der Waals surface area contributed by atoms with Crippen LogP contribution in [0, 0.1) is 0 Å². The van der Waals surface area contributed by atoms with Crippen LogP contribution in [0.15, 0.2) is 18.2 Å². The molecule has 1 N–H and O–H groups in total. The van der Waals surface area contributed by atoms with Crippen LogP contribution in [-0.4, -0.2) is 26.8 Å². The Balaban J connectivity index is 1.77. The van der Waals surface area contributed by atoms with E-state index in [1.54, 1.807) is 0 Å². The number of hydrogen-bond acceptors (Lipinski definition) is 3. The summed E-state index contributed by atoms with van der Waals surface area (Å²) < 4.78 is 10.9. The van der Waals surface area contributed by atoms with Gasteiger partial charge in [0.25, 0.3) is 0 Å². The average molecular weight is 221 g/mol. The molecule has 0 amide bonds. The molecule has 0 saturated heterocycles. The molecule has 0 saturated carbocycles. The van der Waals surface area contributed by atoms with Crippen molar-refractivity contribution in [1.29, 1.82) is 0 Å². The maximum atomic E-state index is 5.50. The van der Waals surface area contributed by atoms with Gasteiger partial charge in [-0.1, -0.05) is 18.2 Å². The van der Waals surface area contributed by atoms with E-state index in [0.29, 0.717) is 0 Å². The van der Waals surface area contributed by atoms with Crippen molar-refractivity contribution in [2.75, 3.05) is 26.8 Å². The van der Waals surface area contributed by atoms with Crippen LogP contribution in [0.25, 0.3) is 0 Å². The maximum Gasteiger partial charge on any atom is 0.0725 e. The molecule has 0 fully saturated rings. The molecule has 0 aromatic heterocycles. The summed E-state index contributed by atoms with van der Waals surface area (Å²) in [5.74, 6) is 0. The van der Waals surface area contributed by atoms with Gasteiger partial charge in [0.2, 0.25) is 0 Å². The minimum Gasteiger partial charge on any atom is -0.380 e. The lowest BCUT2D eigenvalue weighted by molar-refractivity contribution is 0.134. The zero-order valence-corrected chi connectivity index (χ0v) is 9.79. The highest BCUT2D eigenvalue weighted by atomic mass is 16.5. The quantitative estimate of drug-likeness (QED) is 0.738. The van der Waals surface area contributed by atoms with Crippen molar-refractivity contribution in [3.63, 3.8) is 0 Å². The zero-order valence-electron chi connectivity index (χ0n) is 9.79. The van der Waals surface area contributed by atoms with Crippen LogP contribution in [0.1, 0.15) is 16.7 Å². The summed E-state index contributed by atoms with van der Waals surface area (Å²) in [7, 11) is 1.93. The Hall–Kier alpha value is -0.900. The molecule has 3 heteroatoms. The second-order valence-corrected chi connectivity index (χ2v) is 4.06. The standard InChI is InChI=1S/C13H19NO2/c1-14-5-7-15-6-4-11-2-3-12-9-16-10-13(12)8-11/h2-3,8,14H,4-7,9-10H2,1H3. The third kappa shape index (κ3) is 3.04. The summed E-state index contributed by atoms with van der Waals surface area (Å²) in [6.07, 6.45) is 0.983. The molecular formula is C13H19NO2. The van der Waals surface area contributed by atoms with E-state index in [2.05, 4.69) is 23.5 Å². The molecule has 0 aliphatic carbocycles. The van der Waals surface area contributed by atoms with Gasteiger partial charge in [-0.05, 0) is 30.2 Å². The van der Waals surface area contributed by atoms with Gasteiger partial charge in [0.1, 0.15) is 0 Å². The summed E-state index contributed by atoms with van der Waals surface area (Å²) in [5.41, 5.74) is 4.02. The first-order valence-corrected chi connectivity index (χ1v) is 5.81. The third-order valence-corrected chi connectivity index (χ3v) is 2.82. The van der Waals surface area contributed by atoms with Gasteiger partial charge in [0, 0.05) is 6.54 Å². The lowest BCUT2D eigenvalue weighted by atomic mass is 10.0. The second-order valence-electron chi connectivity index (χ2n) is 4.06. The van der Waals surface area contributed by atoms with Crippen LogP contribution in [0.2, 0.25) is 0 Å². The molecule has 0 unspecified atom stereocenters. The topological polar surface area (TPSA) is 30.5 Å². The number of ether oxygens (including phenoxy) is 2. The summed E-state index contributed by atoms with van der Waals surface area (Å²) in [4.78, 5) is 0. The molecule has 1 aliphatic rings. The second kappa shape index (κ2) is 5.99. The fourth-order valence-electron chi connectivity index (χ4n) is 1.85. The van der Waals surface area contributed by atoms with E-state index in [9.17, 15) is 0 Å². The minimum absolute atomic E-state index is 0.768. The Morgan fingerprint density at radius 2 is 2.12 bits per heavy atom. The van der Waals surface area contributed by atoms with Crippen molar-refractivity contribution in [2.45, 2.75) is 19.6 Å². The molecule has 16 heavy (non-hydrogen) atoms. The van der Waals surface area contributed by atoms with Crippen LogP contribution < -0.4 is 5.32 Å². The fourth-order valence-corrected chi connectivity index (χ4v) is 1.85. The van der Waals surface area contributed by atoms with Crippen LogP contribution in [0.5, 0.6) is 0 Å². The van der Waals surface area contributed by atoms with E-state index in [-0.39, 0.29) is 0 Å². The molecule has 88 valence electrons. The van der Waals surface area contributed by atoms with E-state index >= 15 is 0 Å². The monoisotopic (exact) mass is 221 g/mol. The average Bonchev–Trinajstić information content (AvgIpc) is 2.76. The number of likely N-dealkylation sites (N-methyl/N-ethyl adjacent to an activating group) is 1.